The lowest BCUT2D eigenvalue weighted by Crippen LogP contribution is -2.30. The van der Waals surface area contributed by atoms with Crippen molar-refractivity contribution in [2.45, 2.75) is 12.8 Å². The van der Waals surface area contributed by atoms with Crippen LogP contribution >= 0.6 is 0 Å². The molecule has 2 heteroatoms. The van der Waals surface area contributed by atoms with Gasteiger partial charge in [0.15, 0.2) is 0 Å². The van der Waals surface area contributed by atoms with Crippen molar-refractivity contribution < 1.29 is 4.74 Å². The number of hydrogen-bond donors (Lipinski definition) is 0. The standard InChI is InChI=1S/C11H15NO/c1-13-9-12-8-4-6-10-5-2-3-7-11(10)12/h2-3,5,7H,4,6,8-9H2,1H3. The zero-order valence-electron chi connectivity index (χ0n) is 7.99. The van der Waals surface area contributed by atoms with Crippen LogP contribution in [0.15, 0.2) is 24.3 Å². The minimum Gasteiger partial charge on any atom is -0.364 e. The Kier molecular flexibility index (Phi) is 2.50. The van der Waals surface area contributed by atoms with Crippen LogP contribution < -0.4 is 4.90 Å². The maximum absolute atomic E-state index is 5.16. The summed E-state index contributed by atoms with van der Waals surface area (Å²) in [5, 5.41) is 0. The Morgan fingerprint density at radius 3 is 3.08 bits per heavy atom. The maximum atomic E-state index is 5.16. The molecule has 1 heterocycles. The van der Waals surface area contributed by atoms with E-state index in [0.29, 0.717) is 6.73 Å². The molecule has 0 amide bonds. The van der Waals surface area contributed by atoms with E-state index in [1.165, 1.54) is 24.1 Å². The lowest BCUT2D eigenvalue weighted by molar-refractivity contribution is 0.196. The summed E-state index contributed by atoms with van der Waals surface area (Å²) in [6, 6.07) is 8.58. The summed E-state index contributed by atoms with van der Waals surface area (Å²) in [7, 11) is 1.75. The van der Waals surface area contributed by atoms with E-state index in [1.54, 1.807) is 7.11 Å². The number of ether oxygens (including phenoxy) is 1. The van der Waals surface area contributed by atoms with Crippen LogP contribution in [0.25, 0.3) is 0 Å². The molecule has 0 atom stereocenters. The fourth-order valence-corrected chi connectivity index (χ4v) is 1.90. The van der Waals surface area contributed by atoms with Gasteiger partial charge in [0.25, 0.3) is 0 Å². The molecular formula is C11H15NO. The molecule has 0 saturated carbocycles. The summed E-state index contributed by atoms with van der Waals surface area (Å²) >= 11 is 0. The smallest absolute Gasteiger partial charge is 0.118 e. The van der Waals surface area contributed by atoms with Crippen molar-refractivity contribution in [3.63, 3.8) is 0 Å². The van der Waals surface area contributed by atoms with Gasteiger partial charge >= 0.3 is 0 Å². The van der Waals surface area contributed by atoms with Crippen LogP contribution in [0.3, 0.4) is 0 Å². The van der Waals surface area contributed by atoms with Crippen molar-refractivity contribution in [1.82, 2.24) is 0 Å². The molecule has 0 spiro atoms. The molecule has 1 aliphatic rings. The topological polar surface area (TPSA) is 12.5 Å². The van der Waals surface area contributed by atoms with Crippen LogP contribution in [0.4, 0.5) is 5.69 Å². The number of fused-ring (bicyclic) bond motifs is 1. The molecule has 0 bridgehead atoms. The Morgan fingerprint density at radius 2 is 2.23 bits per heavy atom. The predicted molar refractivity (Wildman–Crippen MR) is 54.0 cm³/mol. The molecule has 13 heavy (non-hydrogen) atoms. The molecule has 1 aromatic rings. The highest BCUT2D eigenvalue weighted by Crippen LogP contribution is 2.25. The second-order valence-electron chi connectivity index (χ2n) is 3.41. The molecule has 0 fully saturated rings. The van der Waals surface area contributed by atoms with Gasteiger partial charge in [-0.2, -0.15) is 0 Å². The first kappa shape index (κ1) is 8.57. The summed E-state index contributed by atoms with van der Waals surface area (Å²) in [4.78, 5) is 2.29. The van der Waals surface area contributed by atoms with Crippen molar-refractivity contribution >= 4 is 5.69 Å². The monoisotopic (exact) mass is 177 g/mol. The summed E-state index contributed by atoms with van der Waals surface area (Å²) in [5.74, 6) is 0. The molecule has 0 saturated heterocycles. The number of para-hydroxylation sites is 1. The van der Waals surface area contributed by atoms with Gasteiger partial charge in [-0.15, -0.1) is 0 Å². The number of nitrogens with zero attached hydrogens (tertiary/aromatic N) is 1. The number of benzene rings is 1. The van der Waals surface area contributed by atoms with Crippen molar-refractivity contribution in [1.29, 1.82) is 0 Å². The molecule has 0 aliphatic carbocycles. The Morgan fingerprint density at radius 1 is 1.38 bits per heavy atom. The highest BCUT2D eigenvalue weighted by atomic mass is 16.5. The van der Waals surface area contributed by atoms with E-state index >= 15 is 0 Å². The Bertz CT molecular complexity index is 285. The Hall–Kier alpha value is -1.02. The van der Waals surface area contributed by atoms with E-state index in [1.807, 2.05) is 0 Å². The molecular weight excluding hydrogens is 162 g/mol. The van der Waals surface area contributed by atoms with Crippen molar-refractivity contribution in [2.75, 3.05) is 25.3 Å². The summed E-state index contributed by atoms with van der Waals surface area (Å²) in [6.45, 7) is 1.82. The van der Waals surface area contributed by atoms with Gasteiger partial charge in [-0.25, -0.2) is 0 Å². The zero-order valence-corrected chi connectivity index (χ0v) is 7.99. The van der Waals surface area contributed by atoms with Crippen LogP contribution in [0.5, 0.6) is 0 Å². The molecule has 0 unspecified atom stereocenters. The van der Waals surface area contributed by atoms with E-state index in [9.17, 15) is 0 Å². The second kappa shape index (κ2) is 3.79. The van der Waals surface area contributed by atoms with Gasteiger partial charge in [0.05, 0.1) is 0 Å². The average molecular weight is 177 g/mol. The first-order chi connectivity index (χ1) is 6.42. The van der Waals surface area contributed by atoms with Crippen molar-refractivity contribution in [2.24, 2.45) is 0 Å². The molecule has 70 valence electrons. The van der Waals surface area contributed by atoms with Crippen LogP contribution in [0.2, 0.25) is 0 Å². The lowest BCUT2D eigenvalue weighted by atomic mass is 10.0. The maximum Gasteiger partial charge on any atom is 0.118 e. The van der Waals surface area contributed by atoms with Gasteiger partial charge < -0.3 is 9.64 Å². The highest BCUT2D eigenvalue weighted by molar-refractivity contribution is 5.54. The first-order valence-corrected chi connectivity index (χ1v) is 4.73. The fourth-order valence-electron chi connectivity index (χ4n) is 1.90. The van der Waals surface area contributed by atoms with Gasteiger partial charge in [-0.1, -0.05) is 18.2 Å². The quantitative estimate of drug-likeness (QED) is 0.685. The second-order valence-corrected chi connectivity index (χ2v) is 3.41. The molecule has 0 N–H and O–H groups in total. The van der Waals surface area contributed by atoms with Crippen LogP contribution in [0.1, 0.15) is 12.0 Å². The van der Waals surface area contributed by atoms with E-state index in [-0.39, 0.29) is 0 Å². The largest absolute Gasteiger partial charge is 0.364 e. The predicted octanol–water partition coefficient (Wildman–Crippen LogP) is 2.04. The Labute approximate surface area is 79.1 Å². The highest BCUT2D eigenvalue weighted by Gasteiger charge is 2.14. The zero-order chi connectivity index (χ0) is 9.10. The van der Waals surface area contributed by atoms with Gasteiger partial charge in [0, 0.05) is 19.3 Å². The summed E-state index contributed by atoms with van der Waals surface area (Å²) in [6.07, 6.45) is 2.44. The number of methoxy groups -OCH3 is 1. The molecule has 0 aromatic heterocycles. The third kappa shape index (κ3) is 1.68. The normalized spacial score (nSPS) is 15.6. The van der Waals surface area contributed by atoms with E-state index < -0.39 is 0 Å². The number of rotatable bonds is 2. The fraction of sp³-hybridized carbons (Fsp3) is 0.455. The van der Waals surface area contributed by atoms with E-state index in [0.717, 1.165) is 6.54 Å². The Balaban J connectivity index is 2.26. The minimum atomic E-state index is 0.705. The van der Waals surface area contributed by atoms with Crippen molar-refractivity contribution in [3.05, 3.63) is 29.8 Å². The third-order valence-electron chi connectivity index (χ3n) is 2.49. The number of hydrogen-bond acceptors (Lipinski definition) is 2. The lowest BCUT2D eigenvalue weighted by Gasteiger charge is -2.30. The molecule has 0 radical (unpaired) electrons. The van der Waals surface area contributed by atoms with Crippen LogP contribution in [-0.2, 0) is 11.2 Å². The molecule has 1 aromatic carbocycles. The summed E-state index contributed by atoms with van der Waals surface area (Å²) in [5.41, 5.74) is 2.79. The number of anilines is 1. The summed E-state index contributed by atoms with van der Waals surface area (Å²) < 4.78 is 5.16. The van der Waals surface area contributed by atoms with Gasteiger partial charge in [-0.05, 0) is 24.5 Å². The average Bonchev–Trinajstić information content (AvgIpc) is 2.19. The van der Waals surface area contributed by atoms with Crippen molar-refractivity contribution in [3.8, 4) is 0 Å². The van der Waals surface area contributed by atoms with Gasteiger partial charge in [-0.3, -0.25) is 0 Å². The van der Waals surface area contributed by atoms with Crippen LogP contribution in [-0.4, -0.2) is 20.4 Å². The van der Waals surface area contributed by atoms with E-state index in [4.69, 9.17) is 4.74 Å². The molecule has 2 rings (SSSR count). The number of aryl methyl sites for hydroxylation is 1. The minimum absolute atomic E-state index is 0.705. The van der Waals surface area contributed by atoms with E-state index in [2.05, 4.69) is 29.2 Å². The van der Waals surface area contributed by atoms with Gasteiger partial charge in [0.2, 0.25) is 0 Å². The SMILES string of the molecule is COCN1CCCc2ccccc21. The molecule has 2 nitrogen and oxygen atoms in total. The molecule has 1 aliphatic heterocycles. The van der Waals surface area contributed by atoms with Crippen LogP contribution in [0, 0.1) is 0 Å². The first-order valence-electron chi connectivity index (χ1n) is 4.73. The van der Waals surface area contributed by atoms with Gasteiger partial charge in [0.1, 0.15) is 6.73 Å². The third-order valence-corrected chi connectivity index (χ3v) is 2.49.